The Morgan fingerprint density at radius 3 is 2.42 bits per heavy atom. The average molecular weight is 1160 g/mol. The number of nitrogens with zero attached hydrogens (tertiary/aromatic N) is 6. The molecule has 4 saturated carbocycles. The van der Waals surface area contributed by atoms with E-state index in [1.165, 1.54) is 16.2 Å². The number of carbonyl (C=O) groups is 4. The lowest BCUT2D eigenvalue weighted by molar-refractivity contribution is -0.271. The van der Waals surface area contributed by atoms with E-state index in [4.69, 9.17) is 34.8 Å². The standard InChI is InChI=1S/C61H72N8O13S/c1-35-41(39-17-18-46(65-47(39)53(74)75)68-21-19-37-11-9-12-40(42(37)26-68)52(73)66-56-64-43-13-5-6-14-45(43)83-56)25-63-69(35)34-60-29-58(2)28-59(3,30-60)32-61(31-58,33-60)80-23-22-67(4)57(78)79-27-38-16-15-36(10-7-8-20-62)24-44(38)81-55-50(72)48(70)49(71)51(82-55)54(76)77/h5-6,9,11-18,24-25,48-51,55,70-72H,7-8,10,19-23,26-34,62H2,1-4H3,(H,74,75)(H,76,77)(H,64,66,73)/t48-,49-,50+,51-,55+,58?,59?,60?,61?/m0/s1. The van der Waals surface area contributed by atoms with Crippen LogP contribution in [0.4, 0.5) is 15.7 Å². The maximum atomic E-state index is 13.8. The zero-order valence-electron chi connectivity index (χ0n) is 47.1. The van der Waals surface area contributed by atoms with Crippen molar-refractivity contribution in [2.24, 2.45) is 22.0 Å². The Kier molecular flexibility index (Phi) is 15.9. The number of aromatic carboxylic acids is 1. The normalized spacial score (nSPS) is 27.1. The number of carboxylic acids is 2. The molecule has 2 unspecified atom stereocenters. The highest BCUT2D eigenvalue weighted by Gasteiger charge is 2.66. The van der Waals surface area contributed by atoms with Crippen LogP contribution < -0.4 is 20.7 Å². The molecule has 22 heteroatoms. The van der Waals surface area contributed by atoms with E-state index in [0.29, 0.717) is 72.2 Å². The van der Waals surface area contributed by atoms with E-state index in [2.05, 4.69) is 24.1 Å². The van der Waals surface area contributed by atoms with E-state index < -0.39 is 54.3 Å². The van der Waals surface area contributed by atoms with E-state index in [9.17, 15) is 44.7 Å². The largest absolute Gasteiger partial charge is 0.479 e. The van der Waals surface area contributed by atoms with Crippen LogP contribution in [0.25, 0.3) is 21.3 Å². The predicted molar refractivity (Wildman–Crippen MR) is 307 cm³/mol. The summed E-state index contributed by atoms with van der Waals surface area (Å²) in [7, 11) is 1.63. The SMILES string of the molecule is Cc1c(-c2ccc(N3CCc4cccc(C(=O)Nc5nc6ccccc6s5)c4C3)nc2C(=O)O)cnn1CC12CC3(C)CC(C)(C1)CC(OCCN(C)C(=O)OCc1ccc(CCCCN)cc1O[C@@H]1O[C@H](C(=O)O)[C@@H](O)[C@H](O)[C@H]1O)(C3)C2. The summed E-state index contributed by atoms with van der Waals surface area (Å²) in [6, 6.07) is 22.4. The van der Waals surface area contributed by atoms with Crippen molar-refractivity contribution < 1.29 is 63.7 Å². The van der Waals surface area contributed by atoms with Crippen molar-refractivity contribution in [2.45, 2.75) is 141 Å². The fraction of sp³-hybridized carbons (Fsp3) is 0.492. The molecule has 2 amide bonds. The highest BCUT2D eigenvalue weighted by Crippen LogP contribution is 2.72. The monoisotopic (exact) mass is 1160 g/mol. The number of ether oxygens (including phenoxy) is 4. The Bertz CT molecular complexity index is 3410. The Hall–Kier alpha value is -7.05. The number of aliphatic hydroxyl groups excluding tert-OH is 3. The number of likely N-dealkylation sites (N-methyl/N-ethyl adjacent to an activating group) is 1. The summed E-state index contributed by atoms with van der Waals surface area (Å²) in [5.74, 6) is -2.32. The van der Waals surface area contributed by atoms with Crippen molar-refractivity contribution in [1.29, 1.82) is 0 Å². The summed E-state index contributed by atoms with van der Waals surface area (Å²) in [6.07, 6.45) is 0.482. The topological polar surface area (TPSA) is 294 Å². The molecule has 1 saturated heterocycles. The molecule has 3 aromatic carbocycles. The first kappa shape index (κ1) is 57.8. The molecule has 5 heterocycles. The fourth-order valence-electron chi connectivity index (χ4n) is 14.9. The smallest absolute Gasteiger partial charge is 0.409 e. The Morgan fingerprint density at radius 1 is 0.892 bits per heavy atom. The number of benzene rings is 3. The number of rotatable bonds is 20. The van der Waals surface area contributed by atoms with Crippen LogP contribution in [0.2, 0.25) is 0 Å². The quantitative estimate of drug-likeness (QED) is 0.0368. The second-order valence-corrected chi connectivity index (χ2v) is 25.5. The third kappa shape index (κ3) is 11.8. The zero-order valence-corrected chi connectivity index (χ0v) is 47.9. The number of carbonyl (C=O) groups excluding carboxylic acids is 2. The van der Waals surface area contributed by atoms with Gasteiger partial charge in [-0.3, -0.25) is 14.8 Å². The number of aryl methyl sites for hydroxylation is 1. The number of pyridine rings is 1. The van der Waals surface area contributed by atoms with Gasteiger partial charge in [-0.25, -0.2) is 24.4 Å². The Labute approximate surface area is 484 Å². The molecule has 12 rings (SSSR count). The predicted octanol–water partition coefficient (Wildman–Crippen LogP) is 7.33. The number of hydrogen-bond acceptors (Lipinski definition) is 17. The molecular weight excluding hydrogens is 1080 g/mol. The minimum Gasteiger partial charge on any atom is -0.479 e. The number of para-hydroxylation sites is 1. The highest BCUT2D eigenvalue weighted by atomic mass is 32.1. The molecule has 4 aliphatic carbocycles. The summed E-state index contributed by atoms with van der Waals surface area (Å²) in [6.45, 7) is 9.02. The third-order valence-corrected chi connectivity index (χ3v) is 18.5. The number of aliphatic hydroxyl groups is 3. The number of amides is 2. The van der Waals surface area contributed by atoms with Crippen LogP contribution in [-0.2, 0) is 51.5 Å². The summed E-state index contributed by atoms with van der Waals surface area (Å²) < 4.78 is 27.1. The number of thiazole rings is 1. The summed E-state index contributed by atoms with van der Waals surface area (Å²) in [5, 5.41) is 60.2. The number of fused-ring (bicyclic) bond motifs is 2. The number of nitrogens with one attached hydrogen (secondary N) is 1. The van der Waals surface area contributed by atoms with Crippen molar-refractivity contribution in [3.05, 3.63) is 118 Å². The maximum Gasteiger partial charge on any atom is 0.409 e. The van der Waals surface area contributed by atoms with Crippen molar-refractivity contribution in [1.82, 2.24) is 24.6 Å². The van der Waals surface area contributed by atoms with Crippen LogP contribution in [0.1, 0.15) is 114 Å². The van der Waals surface area contributed by atoms with E-state index in [0.717, 1.165) is 84.0 Å². The van der Waals surface area contributed by atoms with Gasteiger partial charge in [0.15, 0.2) is 16.9 Å². The third-order valence-electron chi connectivity index (χ3n) is 17.6. The summed E-state index contributed by atoms with van der Waals surface area (Å²) in [4.78, 5) is 65.1. The van der Waals surface area contributed by atoms with E-state index in [1.807, 2.05) is 77.2 Å². The molecule has 2 aliphatic heterocycles. The van der Waals surface area contributed by atoms with Crippen molar-refractivity contribution >= 4 is 56.4 Å². The fourth-order valence-corrected chi connectivity index (χ4v) is 15.8. The molecule has 7 atom stereocenters. The lowest BCUT2D eigenvalue weighted by Crippen LogP contribution is -2.64. The van der Waals surface area contributed by atoms with Crippen LogP contribution in [0.5, 0.6) is 5.75 Å². The Morgan fingerprint density at radius 2 is 1.67 bits per heavy atom. The molecule has 21 nitrogen and oxygen atoms in total. The second-order valence-electron chi connectivity index (χ2n) is 24.5. The summed E-state index contributed by atoms with van der Waals surface area (Å²) in [5.41, 5.74) is 11.5. The van der Waals surface area contributed by atoms with Gasteiger partial charge in [0.2, 0.25) is 6.29 Å². The number of aromatic nitrogens is 4. The van der Waals surface area contributed by atoms with Crippen LogP contribution in [0, 0.1) is 23.2 Å². The second kappa shape index (κ2) is 22.8. The molecule has 4 bridgehead atoms. The van der Waals surface area contributed by atoms with Gasteiger partial charge in [0.05, 0.1) is 28.6 Å². The number of nitrogens with two attached hydrogens (primary N) is 1. The van der Waals surface area contributed by atoms with E-state index >= 15 is 0 Å². The number of carboxylic acid groups (broad SMARTS) is 2. The van der Waals surface area contributed by atoms with Gasteiger partial charge in [0, 0.05) is 61.2 Å². The molecule has 6 aliphatic rings. The maximum absolute atomic E-state index is 13.8. The van der Waals surface area contributed by atoms with E-state index in [-0.39, 0.29) is 53.4 Å². The first-order valence-corrected chi connectivity index (χ1v) is 29.2. The lowest BCUT2D eigenvalue weighted by atomic mass is 9.39. The van der Waals surface area contributed by atoms with Crippen molar-refractivity contribution in [2.75, 3.05) is 43.5 Å². The molecule has 6 aromatic rings. The Balaban J connectivity index is 0.742. The molecular formula is C61H72N8O13S. The number of anilines is 2. The molecule has 3 aromatic heterocycles. The molecule has 0 radical (unpaired) electrons. The van der Waals surface area contributed by atoms with E-state index in [1.54, 1.807) is 25.4 Å². The minimum atomic E-state index is -1.89. The molecule has 5 fully saturated rings. The van der Waals surface area contributed by atoms with Gasteiger partial charge >= 0.3 is 18.0 Å². The zero-order chi connectivity index (χ0) is 58.6. The first-order valence-electron chi connectivity index (χ1n) is 28.4. The van der Waals surface area contributed by atoms with Crippen molar-refractivity contribution in [3.63, 3.8) is 0 Å². The van der Waals surface area contributed by atoms with Crippen molar-refractivity contribution in [3.8, 4) is 16.9 Å². The van der Waals surface area contributed by atoms with Gasteiger partial charge in [-0.2, -0.15) is 5.10 Å². The van der Waals surface area contributed by atoms with Gasteiger partial charge in [0.1, 0.15) is 36.5 Å². The first-order chi connectivity index (χ1) is 39.6. The molecule has 440 valence electrons. The average Bonchev–Trinajstić information content (AvgIpc) is 1.48. The molecule has 0 spiro atoms. The molecule has 8 N–H and O–H groups in total. The van der Waals surface area contributed by atoms with Crippen LogP contribution in [0.3, 0.4) is 0 Å². The summed E-state index contributed by atoms with van der Waals surface area (Å²) >= 11 is 1.42. The highest BCUT2D eigenvalue weighted by molar-refractivity contribution is 7.22. The minimum absolute atomic E-state index is 0.00469. The van der Waals surface area contributed by atoms with Gasteiger partial charge in [-0.15, -0.1) is 0 Å². The number of hydrogen-bond donors (Lipinski definition) is 7. The van der Waals surface area contributed by atoms with Crippen LogP contribution >= 0.6 is 11.3 Å². The number of aliphatic carboxylic acids is 1. The lowest BCUT2D eigenvalue weighted by Gasteiger charge is -2.69. The molecule has 83 heavy (non-hydrogen) atoms. The van der Waals surface area contributed by atoms with Gasteiger partial charge in [0.25, 0.3) is 5.91 Å². The van der Waals surface area contributed by atoms with Crippen LogP contribution in [0.15, 0.2) is 79.0 Å². The van der Waals surface area contributed by atoms with Crippen LogP contribution in [-0.4, -0.2) is 144 Å². The van der Waals surface area contributed by atoms with Gasteiger partial charge in [-0.1, -0.05) is 61.6 Å². The number of unbranched alkanes of at least 4 members (excludes halogenated alkanes) is 1. The van der Waals surface area contributed by atoms with Gasteiger partial charge in [-0.05, 0) is 147 Å². The van der Waals surface area contributed by atoms with Gasteiger partial charge < -0.3 is 60.0 Å².